The van der Waals surface area contributed by atoms with Crippen molar-refractivity contribution in [2.75, 3.05) is 13.1 Å². The highest BCUT2D eigenvalue weighted by Gasteiger charge is 2.34. The lowest BCUT2D eigenvalue weighted by atomic mass is 9.81. The average Bonchev–Trinajstić information content (AvgIpc) is 2.95. The summed E-state index contributed by atoms with van der Waals surface area (Å²) in [6, 6.07) is 1.72. The minimum absolute atomic E-state index is 0.0546. The average molecular weight is 297 g/mol. The van der Waals surface area contributed by atoms with Gasteiger partial charge in [0, 0.05) is 11.0 Å². The first-order valence-electron chi connectivity index (χ1n) is 6.69. The summed E-state index contributed by atoms with van der Waals surface area (Å²) in [4.78, 5) is 4.23. The fourth-order valence-corrected chi connectivity index (χ4v) is 2.46. The number of halogens is 3. The number of aromatic nitrogens is 2. The van der Waals surface area contributed by atoms with Crippen molar-refractivity contribution in [3.05, 3.63) is 35.5 Å². The van der Waals surface area contributed by atoms with E-state index in [0.29, 0.717) is 5.89 Å². The van der Waals surface area contributed by atoms with Gasteiger partial charge in [-0.3, -0.25) is 0 Å². The van der Waals surface area contributed by atoms with Crippen LogP contribution in [0.4, 0.5) is 13.2 Å². The van der Waals surface area contributed by atoms with Crippen LogP contribution in [0.25, 0.3) is 11.4 Å². The third-order valence-electron chi connectivity index (χ3n) is 3.89. The molecule has 0 saturated carbocycles. The van der Waals surface area contributed by atoms with E-state index >= 15 is 0 Å². The van der Waals surface area contributed by atoms with Crippen molar-refractivity contribution in [3.8, 4) is 11.4 Å². The van der Waals surface area contributed by atoms with Crippen molar-refractivity contribution in [1.82, 2.24) is 15.5 Å². The topological polar surface area (TPSA) is 51.0 Å². The van der Waals surface area contributed by atoms with E-state index in [1.54, 1.807) is 0 Å². The van der Waals surface area contributed by atoms with E-state index in [4.69, 9.17) is 4.52 Å². The van der Waals surface area contributed by atoms with E-state index in [1.165, 1.54) is 0 Å². The highest BCUT2D eigenvalue weighted by atomic mass is 19.2. The Balaban J connectivity index is 1.95. The molecule has 0 unspecified atom stereocenters. The van der Waals surface area contributed by atoms with Crippen LogP contribution in [0.1, 0.15) is 25.7 Å². The molecule has 1 fully saturated rings. The van der Waals surface area contributed by atoms with Crippen LogP contribution in [0.3, 0.4) is 0 Å². The molecule has 0 spiro atoms. The highest BCUT2D eigenvalue weighted by molar-refractivity contribution is 5.54. The van der Waals surface area contributed by atoms with Crippen LogP contribution in [0.2, 0.25) is 0 Å². The zero-order chi connectivity index (χ0) is 15.0. The van der Waals surface area contributed by atoms with E-state index in [0.717, 1.165) is 38.1 Å². The monoisotopic (exact) mass is 297 g/mol. The van der Waals surface area contributed by atoms with Gasteiger partial charge in [-0.2, -0.15) is 4.98 Å². The number of hydrogen-bond donors (Lipinski definition) is 1. The van der Waals surface area contributed by atoms with Crippen molar-refractivity contribution in [3.63, 3.8) is 0 Å². The number of piperidine rings is 1. The van der Waals surface area contributed by atoms with Crippen LogP contribution in [-0.4, -0.2) is 23.2 Å². The second-order valence-electron chi connectivity index (χ2n) is 5.49. The van der Waals surface area contributed by atoms with Crippen LogP contribution in [-0.2, 0) is 5.41 Å². The predicted molar refractivity (Wildman–Crippen MR) is 69.1 cm³/mol. The molecule has 3 rings (SSSR count). The highest BCUT2D eigenvalue weighted by Crippen LogP contribution is 2.33. The van der Waals surface area contributed by atoms with Gasteiger partial charge in [-0.1, -0.05) is 12.1 Å². The molecule has 21 heavy (non-hydrogen) atoms. The molecule has 0 amide bonds. The molecule has 1 aromatic carbocycles. The second kappa shape index (κ2) is 5.14. The Morgan fingerprint density at radius 3 is 2.38 bits per heavy atom. The van der Waals surface area contributed by atoms with E-state index in [9.17, 15) is 13.2 Å². The molecule has 7 heteroatoms. The Labute approximate surface area is 119 Å². The standard InChI is InChI=1S/C14H14F3N3O/c1-14(2-4-18-5-3-14)13-19-12(20-21-13)8-6-9(15)11(17)10(16)7-8/h6-7,18H,2-5H2,1H3. The van der Waals surface area contributed by atoms with Crippen LogP contribution >= 0.6 is 0 Å². The lowest BCUT2D eigenvalue weighted by molar-refractivity contribution is 0.241. The van der Waals surface area contributed by atoms with Crippen molar-refractivity contribution in [2.45, 2.75) is 25.2 Å². The van der Waals surface area contributed by atoms with Crippen LogP contribution in [0.15, 0.2) is 16.7 Å². The first kappa shape index (κ1) is 14.1. The van der Waals surface area contributed by atoms with Gasteiger partial charge in [0.25, 0.3) is 0 Å². The molecular weight excluding hydrogens is 283 g/mol. The van der Waals surface area contributed by atoms with E-state index < -0.39 is 17.5 Å². The molecule has 0 radical (unpaired) electrons. The molecule has 112 valence electrons. The molecule has 2 heterocycles. The molecule has 0 bridgehead atoms. The summed E-state index contributed by atoms with van der Waals surface area (Å²) >= 11 is 0. The smallest absolute Gasteiger partial charge is 0.232 e. The van der Waals surface area contributed by atoms with Crippen molar-refractivity contribution >= 4 is 0 Å². The maximum absolute atomic E-state index is 13.3. The van der Waals surface area contributed by atoms with Crippen LogP contribution < -0.4 is 5.32 Å². The summed E-state index contributed by atoms with van der Waals surface area (Å²) in [6.07, 6.45) is 1.67. The fourth-order valence-electron chi connectivity index (χ4n) is 2.46. The van der Waals surface area contributed by atoms with E-state index in [-0.39, 0.29) is 16.8 Å². The maximum atomic E-state index is 13.3. The van der Waals surface area contributed by atoms with Gasteiger partial charge in [0.05, 0.1) is 0 Å². The maximum Gasteiger partial charge on any atom is 0.232 e. The third-order valence-corrected chi connectivity index (χ3v) is 3.89. The van der Waals surface area contributed by atoms with Gasteiger partial charge in [0.15, 0.2) is 17.5 Å². The van der Waals surface area contributed by atoms with Gasteiger partial charge in [-0.15, -0.1) is 0 Å². The predicted octanol–water partition coefficient (Wildman–Crippen LogP) is 2.79. The molecule has 1 aromatic heterocycles. The molecule has 4 nitrogen and oxygen atoms in total. The third kappa shape index (κ3) is 2.53. The molecular formula is C14H14F3N3O. The Bertz CT molecular complexity index is 642. The Morgan fingerprint density at radius 1 is 1.14 bits per heavy atom. The van der Waals surface area contributed by atoms with Gasteiger partial charge < -0.3 is 9.84 Å². The van der Waals surface area contributed by atoms with Crippen LogP contribution in [0.5, 0.6) is 0 Å². The largest absolute Gasteiger partial charge is 0.338 e. The molecule has 0 aliphatic carbocycles. The van der Waals surface area contributed by atoms with Crippen molar-refractivity contribution < 1.29 is 17.7 Å². The van der Waals surface area contributed by atoms with E-state index in [1.807, 2.05) is 6.92 Å². The summed E-state index contributed by atoms with van der Waals surface area (Å²) in [5, 5.41) is 7.00. The number of nitrogens with zero attached hydrogens (tertiary/aromatic N) is 2. The van der Waals surface area contributed by atoms with E-state index in [2.05, 4.69) is 15.5 Å². The zero-order valence-electron chi connectivity index (χ0n) is 11.4. The van der Waals surface area contributed by atoms with Gasteiger partial charge in [-0.25, -0.2) is 13.2 Å². The van der Waals surface area contributed by atoms with Crippen LogP contribution in [0, 0.1) is 17.5 Å². The Kier molecular flexibility index (Phi) is 3.44. The second-order valence-corrected chi connectivity index (χ2v) is 5.49. The molecule has 1 N–H and O–H groups in total. The van der Waals surface area contributed by atoms with Gasteiger partial charge in [-0.05, 0) is 38.1 Å². The summed E-state index contributed by atoms with van der Waals surface area (Å²) in [5.41, 5.74) is -0.202. The molecule has 1 aliphatic rings. The minimum atomic E-state index is -1.51. The van der Waals surface area contributed by atoms with Crippen molar-refractivity contribution in [1.29, 1.82) is 0 Å². The van der Waals surface area contributed by atoms with Gasteiger partial charge >= 0.3 is 0 Å². The fraction of sp³-hybridized carbons (Fsp3) is 0.429. The molecule has 2 aromatic rings. The molecule has 1 aliphatic heterocycles. The lowest BCUT2D eigenvalue weighted by Gasteiger charge is -2.30. The summed E-state index contributed by atoms with van der Waals surface area (Å²) in [7, 11) is 0. The minimum Gasteiger partial charge on any atom is -0.338 e. The summed E-state index contributed by atoms with van der Waals surface area (Å²) in [6.45, 7) is 3.69. The Morgan fingerprint density at radius 2 is 1.76 bits per heavy atom. The Hall–Kier alpha value is -1.89. The van der Waals surface area contributed by atoms with Gasteiger partial charge in [0.1, 0.15) is 0 Å². The zero-order valence-corrected chi connectivity index (χ0v) is 11.4. The lowest BCUT2D eigenvalue weighted by Crippen LogP contribution is -2.37. The number of rotatable bonds is 2. The summed E-state index contributed by atoms with van der Waals surface area (Å²) < 4.78 is 44.7. The molecule has 1 saturated heterocycles. The number of hydrogen-bond acceptors (Lipinski definition) is 4. The van der Waals surface area contributed by atoms with Gasteiger partial charge in [0.2, 0.25) is 11.7 Å². The van der Waals surface area contributed by atoms with Crippen molar-refractivity contribution in [2.24, 2.45) is 0 Å². The first-order chi connectivity index (χ1) is 9.99. The summed E-state index contributed by atoms with van der Waals surface area (Å²) in [5.74, 6) is -3.56. The molecule has 0 atom stereocenters. The normalized spacial score (nSPS) is 17.9. The number of nitrogens with one attached hydrogen (secondary N) is 1. The number of benzene rings is 1. The quantitative estimate of drug-likeness (QED) is 0.866. The SMILES string of the molecule is CC1(c2nc(-c3cc(F)c(F)c(F)c3)no2)CCNCC1. The first-order valence-corrected chi connectivity index (χ1v) is 6.69.